The molecule has 0 saturated carbocycles. The molecule has 0 saturated heterocycles. The monoisotopic (exact) mass is 269 g/mol. The molecule has 2 heterocycles. The van der Waals surface area contributed by atoms with Crippen molar-refractivity contribution in [2.75, 3.05) is 0 Å². The second-order valence-corrected chi connectivity index (χ2v) is 4.89. The lowest BCUT2D eigenvalue weighted by Crippen LogP contribution is -1.86. The number of ether oxygens (including phenoxy) is 1. The van der Waals surface area contributed by atoms with Crippen LogP contribution in [0.3, 0.4) is 0 Å². The van der Waals surface area contributed by atoms with E-state index < -0.39 is 0 Å². The number of fused-ring (bicyclic) bond motifs is 2. The Bertz CT molecular complexity index is 591. The summed E-state index contributed by atoms with van der Waals surface area (Å²) in [6.45, 7) is 0. The fourth-order valence-corrected chi connectivity index (χ4v) is 2.70. The lowest BCUT2D eigenvalue weighted by molar-refractivity contribution is 0.487. The second kappa shape index (κ2) is 3.77. The molecular formula is C11H5Cl2NOS. The van der Waals surface area contributed by atoms with E-state index in [-0.39, 0.29) is 0 Å². The molecule has 0 spiro atoms. The molecule has 16 heavy (non-hydrogen) atoms. The van der Waals surface area contributed by atoms with Crippen LogP contribution in [-0.2, 0) is 0 Å². The zero-order chi connectivity index (χ0) is 11.1. The van der Waals surface area contributed by atoms with Crippen LogP contribution < -0.4 is 4.74 Å². The summed E-state index contributed by atoms with van der Waals surface area (Å²) in [7, 11) is 0. The Morgan fingerprint density at radius 1 is 1.19 bits per heavy atom. The van der Waals surface area contributed by atoms with Crippen molar-refractivity contribution >= 4 is 45.4 Å². The molecule has 1 aliphatic heterocycles. The number of thiophene rings is 1. The molecule has 0 aliphatic carbocycles. The predicted molar refractivity (Wildman–Crippen MR) is 67.9 cm³/mol. The summed E-state index contributed by atoms with van der Waals surface area (Å²) in [6.07, 6.45) is 0. The van der Waals surface area contributed by atoms with E-state index in [1.165, 1.54) is 11.3 Å². The van der Waals surface area contributed by atoms with Crippen LogP contribution in [0, 0.1) is 0 Å². The van der Waals surface area contributed by atoms with Crippen LogP contribution >= 0.6 is 34.5 Å². The van der Waals surface area contributed by atoms with Gasteiger partial charge < -0.3 is 4.74 Å². The molecule has 2 aromatic rings. The normalized spacial score (nSPS) is 13.2. The molecule has 5 heteroatoms. The molecule has 2 nitrogen and oxygen atoms in total. The Morgan fingerprint density at radius 3 is 2.94 bits per heavy atom. The Balaban J connectivity index is 2.28. The third-order valence-electron chi connectivity index (χ3n) is 2.19. The summed E-state index contributed by atoms with van der Waals surface area (Å²) < 4.78 is 5.72. The van der Waals surface area contributed by atoms with Crippen molar-refractivity contribution in [1.82, 2.24) is 0 Å². The Morgan fingerprint density at radius 2 is 2.06 bits per heavy atom. The largest absolute Gasteiger partial charge is 0.452 e. The highest BCUT2D eigenvalue weighted by molar-refractivity contribution is 7.14. The fraction of sp³-hybridized carbons (Fsp3) is 0. The predicted octanol–water partition coefficient (Wildman–Crippen LogP) is 4.82. The van der Waals surface area contributed by atoms with Crippen molar-refractivity contribution in [3.63, 3.8) is 0 Å². The lowest BCUT2D eigenvalue weighted by Gasteiger charge is -2.06. The number of hydrogen-bond donors (Lipinski definition) is 0. The smallest absolute Gasteiger partial charge is 0.171 e. The zero-order valence-corrected chi connectivity index (χ0v) is 10.2. The molecule has 0 radical (unpaired) electrons. The fourth-order valence-electron chi connectivity index (χ4n) is 1.48. The molecule has 1 aromatic heterocycles. The summed E-state index contributed by atoms with van der Waals surface area (Å²) in [5.74, 6) is 1.25. The van der Waals surface area contributed by atoms with Crippen LogP contribution in [0.5, 0.6) is 11.5 Å². The summed E-state index contributed by atoms with van der Waals surface area (Å²) >= 11 is 13.7. The number of halogens is 2. The quantitative estimate of drug-likeness (QED) is 0.672. The average Bonchev–Trinajstić information content (AvgIpc) is 2.66. The maximum Gasteiger partial charge on any atom is 0.171 e. The first-order chi connectivity index (χ1) is 7.75. The van der Waals surface area contributed by atoms with E-state index in [1.807, 2.05) is 23.6 Å². The van der Waals surface area contributed by atoms with Crippen molar-refractivity contribution in [2.24, 2.45) is 4.99 Å². The first kappa shape index (κ1) is 10.1. The van der Waals surface area contributed by atoms with Crippen molar-refractivity contribution in [3.05, 3.63) is 39.5 Å². The molecule has 3 rings (SSSR count). The molecule has 0 unspecified atom stereocenters. The van der Waals surface area contributed by atoms with Crippen LogP contribution in [0.25, 0.3) is 0 Å². The third-order valence-corrected chi connectivity index (χ3v) is 3.78. The van der Waals surface area contributed by atoms with Crippen LogP contribution in [0.4, 0.5) is 5.69 Å². The van der Waals surface area contributed by atoms with E-state index >= 15 is 0 Å². The van der Waals surface area contributed by atoms with Gasteiger partial charge in [0.15, 0.2) is 10.9 Å². The van der Waals surface area contributed by atoms with E-state index in [0.717, 1.165) is 4.88 Å². The summed E-state index contributed by atoms with van der Waals surface area (Å²) in [5.41, 5.74) is 0.654. The van der Waals surface area contributed by atoms with Gasteiger partial charge in [-0.25, -0.2) is 4.99 Å². The van der Waals surface area contributed by atoms with Gasteiger partial charge in [-0.2, -0.15) is 0 Å². The molecule has 0 N–H and O–H groups in total. The van der Waals surface area contributed by atoms with E-state index in [9.17, 15) is 0 Å². The molecule has 0 fully saturated rings. The standard InChI is InChI=1S/C11H5Cl2NOS/c12-6-2-1-3-7-9(6)15-8-4-5-16-10(8)11(13)14-7/h1-5H. The van der Waals surface area contributed by atoms with Gasteiger partial charge in [0.2, 0.25) is 0 Å². The van der Waals surface area contributed by atoms with Gasteiger partial charge in [-0.3, -0.25) is 0 Å². The van der Waals surface area contributed by atoms with Gasteiger partial charge in [-0.15, -0.1) is 11.3 Å². The van der Waals surface area contributed by atoms with Crippen LogP contribution in [0.1, 0.15) is 4.88 Å². The van der Waals surface area contributed by atoms with Gasteiger partial charge in [0.05, 0.1) is 5.02 Å². The minimum atomic E-state index is 0.436. The third kappa shape index (κ3) is 1.52. The summed E-state index contributed by atoms with van der Waals surface area (Å²) in [6, 6.07) is 7.26. The van der Waals surface area contributed by atoms with Gasteiger partial charge in [-0.1, -0.05) is 29.3 Å². The van der Waals surface area contributed by atoms with E-state index in [1.54, 1.807) is 6.07 Å². The van der Waals surface area contributed by atoms with Crippen LogP contribution in [0.2, 0.25) is 5.02 Å². The minimum Gasteiger partial charge on any atom is -0.452 e. The molecule has 0 bridgehead atoms. The Hall–Kier alpha value is -1.03. The van der Waals surface area contributed by atoms with Crippen LogP contribution in [0.15, 0.2) is 34.6 Å². The Labute approximate surface area is 106 Å². The summed E-state index contributed by atoms with van der Waals surface area (Å²) in [5, 5.41) is 2.88. The number of para-hydroxylation sites is 1. The molecule has 0 atom stereocenters. The molecule has 80 valence electrons. The van der Waals surface area contributed by atoms with Crippen molar-refractivity contribution in [2.45, 2.75) is 0 Å². The van der Waals surface area contributed by atoms with E-state index in [4.69, 9.17) is 27.9 Å². The molecular weight excluding hydrogens is 265 g/mol. The highest BCUT2D eigenvalue weighted by atomic mass is 35.5. The van der Waals surface area contributed by atoms with E-state index in [2.05, 4.69) is 4.99 Å². The van der Waals surface area contributed by atoms with Crippen LogP contribution in [-0.4, -0.2) is 5.17 Å². The van der Waals surface area contributed by atoms with Gasteiger partial charge in [-0.05, 0) is 23.6 Å². The van der Waals surface area contributed by atoms with Crippen molar-refractivity contribution < 1.29 is 4.74 Å². The van der Waals surface area contributed by atoms with Crippen molar-refractivity contribution in [1.29, 1.82) is 0 Å². The zero-order valence-electron chi connectivity index (χ0n) is 7.91. The maximum absolute atomic E-state index is 6.11. The highest BCUT2D eigenvalue weighted by Crippen LogP contribution is 2.43. The van der Waals surface area contributed by atoms with Gasteiger partial charge in [0.25, 0.3) is 0 Å². The summed E-state index contributed by atoms with van der Waals surface area (Å²) in [4.78, 5) is 5.12. The number of hydrogen-bond acceptors (Lipinski definition) is 3. The van der Waals surface area contributed by atoms with E-state index in [0.29, 0.717) is 27.4 Å². The number of nitrogens with zero attached hydrogens (tertiary/aromatic N) is 1. The molecule has 1 aromatic carbocycles. The second-order valence-electron chi connectivity index (χ2n) is 3.21. The lowest BCUT2D eigenvalue weighted by atomic mass is 10.3. The topological polar surface area (TPSA) is 21.6 Å². The highest BCUT2D eigenvalue weighted by Gasteiger charge is 2.19. The molecule has 0 amide bonds. The SMILES string of the molecule is ClC1=Nc2cccc(Cl)c2Oc2ccsc21. The van der Waals surface area contributed by atoms with Crippen molar-refractivity contribution in [3.8, 4) is 11.5 Å². The van der Waals surface area contributed by atoms with Gasteiger partial charge in [0, 0.05) is 0 Å². The van der Waals surface area contributed by atoms with Gasteiger partial charge in [0.1, 0.15) is 16.3 Å². The first-order valence-corrected chi connectivity index (χ1v) is 6.17. The number of rotatable bonds is 0. The average molecular weight is 270 g/mol. The first-order valence-electron chi connectivity index (χ1n) is 4.54. The maximum atomic E-state index is 6.11. The number of aliphatic imine (C=N–C) groups is 1. The minimum absolute atomic E-state index is 0.436. The Kier molecular flexibility index (Phi) is 2.39. The van der Waals surface area contributed by atoms with Gasteiger partial charge >= 0.3 is 0 Å². The molecule has 1 aliphatic rings. The number of benzene rings is 1.